The summed E-state index contributed by atoms with van der Waals surface area (Å²) in [5.74, 6) is 2.03. The van der Waals surface area contributed by atoms with E-state index in [9.17, 15) is 0 Å². The van der Waals surface area contributed by atoms with Crippen molar-refractivity contribution < 1.29 is 4.74 Å². The molecule has 2 aliphatic rings. The van der Waals surface area contributed by atoms with E-state index in [0.717, 1.165) is 37.7 Å². The molecule has 0 spiro atoms. The van der Waals surface area contributed by atoms with Crippen molar-refractivity contribution in [3.63, 3.8) is 0 Å². The normalized spacial score (nSPS) is 20.7. The number of hydrogen-bond donors (Lipinski definition) is 0. The summed E-state index contributed by atoms with van der Waals surface area (Å²) in [4.78, 5) is 2.57. The molecule has 128 valence electrons. The number of rotatable bonds is 4. The van der Waals surface area contributed by atoms with Gasteiger partial charge in [0.2, 0.25) is 0 Å². The molecule has 5 heteroatoms. The average Bonchev–Trinajstić information content (AvgIpc) is 3.15. The highest BCUT2D eigenvalue weighted by molar-refractivity contribution is 5.35. The first-order chi connectivity index (χ1) is 11.7. The maximum atomic E-state index is 5.25. The molecule has 24 heavy (non-hydrogen) atoms. The van der Waals surface area contributed by atoms with Gasteiger partial charge in [0.05, 0.1) is 0 Å². The van der Waals surface area contributed by atoms with Gasteiger partial charge in [-0.3, -0.25) is 4.90 Å². The smallest absolute Gasteiger partial charge is 0.159 e. The third kappa shape index (κ3) is 2.98. The van der Waals surface area contributed by atoms with Gasteiger partial charge < -0.3 is 9.30 Å². The van der Waals surface area contributed by atoms with E-state index in [1.165, 1.54) is 24.8 Å². The molecule has 1 aliphatic heterocycles. The van der Waals surface area contributed by atoms with Crippen molar-refractivity contribution in [3.8, 4) is 0 Å². The standard InChI is InChI=1S/C19H26N4O/c1-14-10-18-20-21-19(13-24-2)23(18)9-8-22(14)12-15-6-7-16-4-3-5-17(16)11-15/h6-7,11,14H,3-5,8-10,12-13H2,1-2H3. The molecule has 5 nitrogen and oxygen atoms in total. The molecular weight excluding hydrogens is 300 g/mol. The predicted octanol–water partition coefficient (Wildman–Crippen LogP) is 2.36. The van der Waals surface area contributed by atoms with Gasteiger partial charge >= 0.3 is 0 Å². The first-order valence-electron chi connectivity index (χ1n) is 8.99. The first kappa shape index (κ1) is 15.8. The Kier molecular flexibility index (Phi) is 4.37. The summed E-state index contributed by atoms with van der Waals surface area (Å²) in [5.41, 5.74) is 4.56. The summed E-state index contributed by atoms with van der Waals surface area (Å²) < 4.78 is 7.49. The molecule has 1 unspecified atom stereocenters. The van der Waals surface area contributed by atoms with E-state index >= 15 is 0 Å². The molecule has 4 rings (SSSR count). The van der Waals surface area contributed by atoms with Crippen molar-refractivity contribution in [3.05, 3.63) is 46.5 Å². The number of aryl methyl sites for hydroxylation is 2. The minimum absolute atomic E-state index is 0.471. The fourth-order valence-corrected chi connectivity index (χ4v) is 4.05. The third-order valence-electron chi connectivity index (χ3n) is 5.44. The summed E-state index contributed by atoms with van der Waals surface area (Å²) in [6.45, 7) is 5.82. The molecule has 0 amide bonds. The Bertz CT molecular complexity index is 724. The molecule has 0 saturated heterocycles. The fraction of sp³-hybridized carbons (Fsp3) is 0.579. The van der Waals surface area contributed by atoms with Crippen LogP contribution in [0.4, 0.5) is 0 Å². The molecule has 0 saturated carbocycles. The van der Waals surface area contributed by atoms with Gasteiger partial charge in [0, 0.05) is 39.2 Å². The second-order valence-corrected chi connectivity index (χ2v) is 7.10. The van der Waals surface area contributed by atoms with Crippen molar-refractivity contribution in [2.24, 2.45) is 0 Å². The van der Waals surface area contributed by atoms with Crippen molar-refractivity contribution in [1.29, 1.82) is 0 Å². The van der Waals surface area contributed by atoms with Gasteiger partial charge in [-0.1, -0.05) is 18.2 Å². The summed E-state index contributed by atoms with van der Waals surface area (Å²) in [6.07, 6.45) is 4.77. The first-order valence-corrected chi connectivity index (χ1v) is 8.99. The van der Waals surface area contributed by atoms with Crippen LogP contribution in [0.2, 0.25) is 0 Å². The second kappa shape index (κ2) is 6.65. The van der Waals surface area contributed by atoms with E-state index in [0.29, 0.717) is 12.6 Å². The lowest BCUT2D eigenvalue weighted by atomic mass is 10.1. The number of hydrogen-bond acceptors (Lipinski definition) is 4. The van der Waals surface area contributed by atoms with Gasteiger partial charge in [-0.05, 0) is 42.9 Å². The van der Waals surface area contributed by atoms with Crippen LogP contribution in [-0.4, -0.2) is 39.4 Å². The van der Waals surface area contributed by atoms with Gasteiger partial charge in [0.15, 0.2) is 5.82 Å². The Morgan fingerprint density at radius 2 is 2.04 bits per heavy atom. The summed E-state index contributed by atoms with van der Waals surface area (Å²) >= 11 is 0. The number of fused-ring (bicyclic) bond motifs is 2. The minimum atomic E-state index is 0.471. The van der Waals surface area contributed by atoms with E-state index < -0.39 is 0 Å². The largest absolute Gasteiger partial charge is 0.377 e. The molecule has 0 radical (unpaired) electrons. The van der Waals surface area contributed by atoms with Crippen LogP contribution < -0.4 is 0 Å². The molecule has 2 heterocycles. The van der Waals surface area contributed by atoms with Gasteiger partial charge in [0.25, 0.3) is 0 Å². The highest BCUT2D eigenvalue weighted by Gasteiger charge is 2.24. The lowest BCUT2D eigenvalue weighted by molar-refractivity contribution is 0.171. The minimum Gasteiger partial charge on any atom is -0.377 e. The van der Waals surface area contributed by atoms with Crippen molar-refractivity contribution in [2.75, 3.05) is 13.7 Å². The number of nitrogens with zero attached hydrogens (tertiary/aromatic N) is 4. The Balaban J connectivity index is 1.49. The zero-order valence-corrected chi connectivity index (χ0v) is 14.7. The van der Waals surface area contributed by atoms with Crippen molar-refractivity contribution in [1.82, 2.24) is 19.7 Å². The molecule has 0 fully saturated rings. The lowest BCUT2D eigenvalue weighted by Gasteiger charge is -2.26. The van der Waals surface area contributed by atoms with E-state index in [1.807, 2.05) is 0 Å². The quantitative estimate of drug-likeness (QED) is 0.865. The van der Waals surface area contributed by atoms with Crippen LogP contribution in [0.1, 0.15) is 41.7 Å². The maximum absolute atomic E-state index is 5.25. The van der Waals surface area contributed by atoms with E-state index in [-0.39, 0.29) is 0 Å². The topological polar surface area (TPSA) is 43.2 Å². The number of methoxy groups -OCH3 is 1. The lowest BCUT2D eigenvalue weighted by Crippen LogP contribution is -2.34. The number of aromatic nitrogens is 3. The number of benzene rings is 1. The zero-order valence-electron chi connectivity index (χ0n) is 14.7. The summed E-state index contributed by atoms with van der Waals surface area (Å²) in [7, 11) is 1.71. The fourth-order valence-electron chi connectivity index (χ4n) is 4.05. The van der Waals surface area contributed by atoms with E-state index in [1.54, 1.807) is 18.2 Å². The molecule has 0 bridgehead atoms. The highest BCUT2D eigenvalue weighted by atomic mass is 16.5. The molecule has 0 N–H and O–H groups in total. The van der Waals surface area contributed by atoms with Crippen LogP contribution in [0.5, 0.6) is 0 Å². The Morgan fingerprint density at radius 1 is 1.17 bits per heavy atom. The Morgan fingerprint density at radius 3 is 2.92 bits per heavy atom. The molecule has 1 aromatic carbocycles. The van der Waals surface area contributed by atoms with E-state index in [2.05, 4.69) is 44.8 Å². The molecule has 1 atom stereocenters. The maximum Gasteiger partial charge on any atom is 0.159 e. The SMILES string of the molecule is COCc1nnc2n1CCN(Cc1ccc3c(c1)CCC3)C(C)C2. The Labute approximate surface area is 143 Å². The highest BCUT2D eigenvalue weighted by Crippen LogP contribution is 2.24. The molecule has 1 aromatic heterocycles. The monoisotopic (exact) mass is 326 g/mol. The van der Waals surface area contributed by atoms with Gasteiger partial charge in [-0.15, -0.1) is 10.2 Å². The number of ether oxygens (including phenoxy) is 1. The zero-order chi connectivity index (χ0) is 16.5. The Hall–Kier alpha value is -1.72. The van der Waals surface area contributed by atoms with E-state index in [4.69, 9.17) is 4.74 Å². The van der Waals surface area contributed by atoms with Gasteiger partial charge in [-0.25, -0.2) is 0 Å². The van der Waals surface area contributed by atoms with Crippen LogP contribution in [-0.2, 0) is 43.7 Å². The third-order valence-corrected chi connectivity index (χ3v) is 5.44. The summed E-state index contributed by atoms with van der Waals surface area (Å²) in [5, 5.41) is 8.66. The van der Waals surface area contributed by atoms with Crippen LogP contribution in [0.15, 0.2) is 18.2 Å². The second-order valence-electron chi connectivity index (χ2n) is 7.10. The van der Waals surface area contributed by atoms with Crippen LogP contribution in [0.25, 0.3) is 0 Å². The van der Waals surface area contributed by atoms with Crippen LogP contribution in [0.3, 0.4) is 0 Å². The van der Waals surface area contributed by atoms with Crippen molar-refractivity contribution >= 4 is 0 Å². The molecular formula is C19H26N4O. The molecule has 1 aliphatic carbocycles. The molecule has 2 aromatic rings. The average molecular weight is 326 g/mol. The van der Waals surface area contributed by atoms with Crippen LogP contribution >= 0.6 is 0 Å². The summed E-state index contributed by atoms with van der Waals surface area (Å²) in [6, 6.07) is 7.56. The van der Waals surface area contributed by atoms with Gasteiger partial charge in [0.1, 0.15) is 12.4 Å². The van der Waals surface area contributed by atoms with Crippen LogP contribution in [0, 0.1) is 0 Å². The van der Waals surface area contributed by atoms with Crippen molar-refractivity contribution in [2.45, 2.75) is 58.3 Å². The predicted molar refractivity (Wildman–Crippen MR) is 92.8 cm³/mol. The van der Waals surface area contributed by atoms with Gasteiger partial charge in [-0.2, -0.15) is 0 Å².